The third-order valence-corrected chi connectivity index (χ3v) is 3.65. The Hall–Kier alpha value is -1.42. The predicted octanol–water partition coefficient (Wildman–Crippen LogP) is 2.77. The lowest BCUT2D eigenvalue weighted by Crippen LogP contribution is -2.25. The van der Waals surface area contributed by atoms with E-state index in [0.29, 0.717) is 5.92 Å². The highest BCUT2D eigenvalue weighted by molar-refractivity contribution is 5.71. The summed E-state index contributed by atoms with van der Waals surface area (Å²) in [6.45, 7) is 8.37. The smallest absolute Gasteiger partial charge is 0.160 e. The van der Waals surface area contributed by atoms with Crippen molar-refractivity contribution in [1.29, 1.82) is 0 Å². The lowest BCUT2D eigenvalue weighted by Gasteiger charge is -2.24. The number of rotatable bonds is 2. The van der Waals surface area contributed by atoms with Crippen LogP contribution in [0.15, 0.2) is 18.3 Å². The summed E-state index contributed by atoms with van der Waals surface area (Å²) in [5.41, 5.74) is 1.98. The molecule has 1 unspecified atom stereocenters. The molecule has 102 valence electrons. The molecule has 3 rings (SSSR count). The number of hydrogen-bond acceptors (Lipinski definition) is 3. The summed E-state index contributed by atoms with van der Waals surface area (Å²) in [4.78, 5) is 9.30. The van der Waals surface area contributed by atoms with Crippen LogP contribution in [0.2, 0.25) is 0 Å². The van der Waals surface area contributed by atoms with E-state index in [2.05, 4.69) is 30.3 Å². The van der Waals surface area contributed by atoms with Gasteiger partial charge in [-0.1, -0.05) is 0 Å². The normalized spacial score (nSPS) is 20.3. The van der Waals surface area contributed by atoms with Crippen LogP contribution in [0.3, 0.4) is 0 Å². The van der Waals surface area contributed by atoms with E-state index in [0.717, 1.165) is 43.0 Å². The average molecular weight is 259 g/mol. The topological polar surface area (TPSA) is 39.9 Å². The maximum Gasteiger partial charge on any atom is 0.160 e. The number of hydrogen-bond donors (Lipinski definition) is 0. The van der Waals surface area contributed by atoms with Crippen molar-refractivity contribution in [3.8, 4) is 0 Å². The van der Waals surface area contributed by atoms with Gasteiger partial charge in [-0.3, -0.25) is 0 Å². The molecule has 0 bridgehead atoms. The first kappa shape index (κ1) is 12.6. The molecule has 1 aliphatic heterocycles. The van der Waals surface area contributed by atoms with Crippen molar-refractivity contribution in [3.63, 3.8) is 0 Å². The largest absolute Gasteiger partial charge is 0.381 e. The zero-order valence-electron chi connectivity index (χ0n) is 11.9. The number of imidazole rings is 1. The summed E-state index contributed by atoms with van der Waals surface area (Å²) in [7, 11) is 0. The summed E-state index contributed by atoms with van der Waals surface area (Å²) >= 11 is 0. The van der Waals surface area contributed by atoms with Crippen LogP contribution in [0.4, 0.5) is 0 Å². The molecular weight excluding hydrogens is 238 g/mol. The third kappa shape index (κ3) is 2.37. The fourth-order valence-corrected chi connectivity index (χ4v) is 2.80. The van der Waals surface area contributed by atoms with Crippen LogP contribution in [0.25, 0.3) is 11.2 Å². The Balaban J connectivity index is 2.06. The Kier molecular flexibility index (Phi) is 3.05. The van der Waals surface area contributed by atoms with E-state index in [1.54, 1.807) is 0 Å². The average Bonchev–Trinajstić information content (AvgIpc) is 2.94. The van der Waals surface area contributed by atoms with Crippen LogP contribution in [0, 0.1) is 5.92 Å². The molecule has 0 spiro atoms. The lowest BCUT2D eigenvalue weighted by atomic mass is 10.0. The molecule has 1 atom stereocenters. The van der Waals surface area contributed by atoms with Crippen molar-refractivity contribution in [2.24, 2.45) is 5.92 Å². The van der Waals surface area contributed by atoms with Crippen LogP contribution in [0.5, 0.6) is 0 Å². The van der Waals surface area contributed by atoms with E-state index in [4.69, 9.17) is 9.72 Å². The maximum absolute atomic E-state index is 5.48. The molecular formula is C15H21N3O. The molecule has 1 saturated heterocycles. The molecule has 4 nitrogen and oxygen atoms in total. The molecule has 0 aromatic carbocycles. The first-order valence-electron chi connectivity index (χ1n) is 6.96. The zero-order valence-corrected chi connectivity index (χ0v) is 11.9. The third-order valence-electron chi connectivity index (χ3n) is 3.65. The minimum atomic E-state index is -0.00209. The minimum Gasteiger partial charge on any atom is -0.381 e. The number of pyridine rings is 1. The molecule has 0 radical (unpaired) electrons. The highest BCUT2D eigenvalue weighted by Crippen LogP contribution is 2.26. The van der Waals surface area contributed by atoms with Crippen molar-refractivity contribution in [3.05, 3.63) is 24.2 Å². The molecule has 2 aromatic rings. The number of ether oxygens (including phenoxy) is 1. The quantitative estimate of drug-likeness (QED) is 0.832. The summed E-state index contributed by atoms with van der Waals surface area (Å²) in [5, 5.41) is 0. The molecule has 0 aliphatic carbocycles. The van der Waals surface area contributed by atoms with Gasteiger partial charge in [0.15, 0.2) is 5.65 Å². The lowest BCUT2D eigenvalue weighted by molar-refractivity contribution is 0.185. The Morgan fingerprint density at radius 3 is 2.95 bits per heavy atom. The van der Waals surface area contributed by atoms with E-state index in [1.807, 2.05) is 18.3 Å². The van der Waals surface area contributed by atoms with Gasteiger partial charge in [-0.2, -0.15) is 0 Å². The molecule has 1 fully saturated rings. The van der Waals surface area contributed by atoms with Crippen LogP contribution in [0.1, 0.15) is 33.0 Å². The fourth-order valence-electron chi connectivity index (χ4n) is 2.80. The molecule has 0 saturated carbocycles. The second-order valence-corrected chi connectivity index (χ2v) is 6.31. The van der Waals surface area contributed by atoms with E-state index in [9.17, 15) is 0 Å². The standard InChI is InChI=1S/C15H21N3O/c1-15(2,3)18-13(9-11-6-8-19-10-11)17-12-5-4-7-16-14(12)18/h4-5,7,11H,6,8-10H2,1-3H3. The number of aromatic nitrogens is 3. The second kappa shape index (κ2) is 4.60. The minimum absolute atomic E-state index is 0.00209. The molecule has 19 heavy (non-hydrogen) atoms. The molecule has 4 heteroatoms. The van der Waals surface area contributed by atoms with Gasteiger partial charge in [0.1, 0.15) is 11.3 Å². The highest BCUT2D eigenvalue weighted by atomic mass is 16.5. The second-order valence-electron chi connectivity index (χ2n) is 6.31. The predicted molar refractivity (Wildman–Crippen MR) is 75.2 cm³/mol. The van der Waals surface area contributed by atoms with Crippen LogP contribution in [-0.2, 0) is 16.7 Å². The van der Waals surface area contributed by atoms with Gasteiger partial charge in [-0.05, 0) is 45.2 Å². The van der Waals surface area contributed by atoms with Gasteiger partial charge in [0.2, 0.25) is 0 Å². The maximum atomic E-state index is 5.48. The highest BCUT2D eigenvalue weighted by Gasteiger charge is 2.25. The summed E-state index contributed by atoms with van der Waals surface area (Å²) in [5.74, 6) is 1.73. The van der Waals surface area contributed by atoms with Gasteiger partial charge in [0, 0.05) is 31.4 Å². The molecule has 0 amide bonds. The first-order chi connectivity index (χ1) is 9.05. The van der Waals surface area contributed by atoms with Gasteiger partial charge >= 0.3 is 0 Å². The Bertz CT molecular complexity index is 577. The summed E-state index contributed by atoms with van der Waals surface area (Å²) in [6.07, 6.45) is 3.96. The fraction of sp³-hybridized carbons (Fsp3) is 0.600. The van der Waals surface area contributed by atoms with Crippen LogP contribution >= 0.6 is 0 Å². The van der Waals surface area contributed by atoms with Crippen molar-refractivity contribution >= 4 is 11.2 Å². The number of nitrogens with zero attached hydrogens (tertiary/aromatic N) is 3. The summed E-state index contributed by atoms with van der Waals surface area (Å²) < 4.78 is 7.75. The van der Waals surface area contributed by atoms with Gasteiger partial charge in [0.25, 0.3) is 0 Å². The Morgan fingerprint density at radius 2 is 2.26 bits per heavy atom. The van der Waals surface area contributed by atoms with Crippen LogP contribution < -0.4 is 0 Å². The zero-order chi connectivity index (χ0) is 13.5. The van der Waals surface area contributed by atoms with Gasteiger partial charge in [0.05, 0.1) is 0 Å². The monoisotopic (exact) mass is 259 g/mol. The van der Waals surface area contributed by atoms with Gasteiger partial charge < -0.3 is 9.30 Å². The van der Waals surface area contributed by atoms with Gasteiger partial charge in [-0.25, -0.2) is 9.97 Å². The van der Waals surface area contributed by atoms with Crippen LogP contribution in [-0.4, -0.2) is 27.7 Å². The van der Waals surface area contributed by atoms with Crippen molar-refractivity contribution < 1.29 is 4.74 Å². The summed E-state index contributed by atoms with van der Waals surface area (Å²) in [6, 6.07) is 3.99. The van der Waals surface area contributed by atoms with Crippen molar-refractivity contribution in [2.75, 3.05) is 13.2 Å². The number of fused-ring (bicyclic) bond motifs is 1. The molecule has 3 heterocycles. The Labute approximate surface area is 113 Å². The molecule has 2 aromatic heterocycles. The van der Waals surface area contributed by atoms with E-state index in [-0.39, 0.29) is 5.54 Å². The molecule has 1 aliphatic rings. The van der Waals surface area contributed by atoms with E-state index in [1.165, 1.54) is 0 Å². The van der Waals surface area contributed by atoms with E-state index < -0.39 is 0 Å². The van der Waals surface area contributed by atoms with Gasteiger partial charge in [-0.15, -0.1) is 0 Å². The molecule has 0 N–H and O–H groups in total. The van der Waals surface area contributed by atoms with E-state index >= 15 is 0 Å². The SMILES string of the molecule is CC(C)(C)n1c(CC2CCOC2)nc2cccnc21. The van der Waals surface area contributed by atoms with Crippen molar-refractivity contribution in [2.45, 2.75) is 39.2 Å². The Morgan fingerprint density at radius 1 is 1.42 bits per heavy atom. The first-order valence-corrected chi connectivity index (χ1v) is 6.96. The van der Waals surface area contributed by atoms with Crippen molar-refractivity contribution in [1.82, 2.24) is 14.5 Å².